The summed E-state index contributed by atoms with van der Waals surface area (Å²) in [4.78, 5) is 35.5. The van der Waals surface area contributed by atoms with Gasteiger partial charge in [-0.15, -0.1) is 0 Å². The molecule has 27 heavy (non-hydrogen) atoms. The maximum Gasteiger partial charge on any atom is 0.355 e. The van der Waals surface area contributed by atoms with E-state index in [1.165, 1.54) is 27.0 Å². The number of amides is 1. The molecule has 2 rings (SSSR count). The van der Waals surface area contributed by atoms with E-state index in [-0.39, 0.29) is 24.0 Å². The molecular formula is C21H21NO5. The lowest BCUT2D eigenvalue weighted by Gasteiger charge is -2.12. The average molecular weight is 367 g/mol. The van der Waals surface area contributed by atoms with Gasteiger partial charge in [0.15, 0.2) is 5.78 Å². The molecule has 0 radical (unpaired) electrons. The Morgan fingerprint density at radius 3 is 2.33 bits per heavy atom. The smallest absolute Gasteiger partial charge is 0.355 e. The number of Topliss-reactive ketones (excluding diaryl/α,β-unsaturated/α-hetero) is 1. The Labute approximate surface area is 157 Å². The number of esters is 1. The zero-order chi connectivity index (χ0) is 19.8. The van der Waals surface area contributed by atoms with Crippen LogP contribution in [-0.2, 0) is 20.9 Å². The van der Waals surface area contributed by atoms with E-state index in [1.54, 1.807) is 30.3 Å². The van der Waals surface area contributed by atoms with Gasteiger partial charge in [0, 0.05) is 18.1 Å². The average Bonchev–Trinajstić information content (AvgIpc) is 2.65. The minimum absolute atomic E-state index is 0.0235. The molecule has 2 aromatic carbocycles. The van der Waals surface area contributed by atoms with Crippen molar-refractivity contribution in [3.8, 4) is 5.75 Å². The molecule has 0 saturated carbocycles. The fourth-order valence-corrected chi connectivity index (χ4v) is 2.38. The molecule has 0 unspecified atom stereocenters. The zero-order valence-corrected chi connectivity index (χ0v) is 15.4. The minimum atomic E-state index is -0.690. The molecule has 6 nitrogen and oxygen atoms in total. The number of carbonyl (C=O) groups excluding carboxylic acids is 3. The molecule has 0 aliphatic rings. The van der Waals surface area contributed by atoms with Gasteiger partial charge < -0.3 is 14.8 Å². The lowest BCUT2D eigenvalue weighted by atomic mass is 10.1. The van der Waals surface area contributed by atoms with E-state index in [0.29, 0.717) is 16.9 Å². The maximum atomic E-state index is 12.5. The Kier molecular flexibility index (Phi) is 6.88. The molecule has 1 N–H and O–H groups in total. The Morgan fingerprint density at radius 1 is 1.04 bits per heavy atom. The Morgan fingerprint density at radius 2 is 1.74 bits per heavy atom. The van der Waals surface area contributed by atoms with Crippen LogP contribution < -0.4 is 10.1 Å². The Hall–Kier alpha value is -3.41. The molecule has 0 fully saturated rings. The van der Waals surface area contributed by atoms with Gasteiger partial charge in [-0.1, -0.05) is 30.3 Å². The van der Waals surface area contributed by atoms with Gasteiger partial charge in [0.2, 0.25) is 5.91 Å². The molecule has 0 saturated heterocycles. The third kappa shape index (κ3) is 5.81. The first-order valence-electron chi connectivity index (χ1n) is 8.30. The fraction of sp³-hybridized carbons (Fsp3) is 0.190. The van der Waals surface area contributed by atoms with Crippen LogP contribution in [0.25, 0.3) is 6.08 Å². The summed E-state index contributed by atoms with van der Waals surface area (Å²) in [6.07, 6.45) is 1.53. The normalized spacial score (nSPS) is 10.9. The predicted molar refractivity (Wildman–Crippen MR) is 101 cm³/mol. The summed E-state index contributed by atoms with van der Waals surface area (Å²) in [5, 5.41) is 2.48. The van der Waals surface area contributed by atoms with Crippen LogP contribution in [0, 0.1) is 0 Å². The van der Waals surface area contributed by atoms with Crippen molar-refractivity contribution in [1.82, 2.24) is 5.32 Å². The maximum absolute atomic E-state index is 12.5. The summed E-state index contributed by atoms with van der Waals surface area (Å²) in [6.45, 7) is 2.66. The van der Waals surface area contributed by atoms with E-state index >= 15 is 0 Å². The molecule has 6 heteroatoms. The highest BCUT2D eigenvalue weighted by molar-refractivity contribution is 5.97. The van der Waals surface area contributed by atoms with Crippen molar-refractivity contribution >= 4 is 23.7 Å². The second-order valence-electron chi connectivity index (χ2n) is 5.81. The van der Waals surface area contributed by atoms with E-state index in [1.807, 2.05) is 18.2 Å². The summed E-state index contributed by atoms with van der Waals surface area (Å²) in [5.41, 5.74) is 1.81. The van der Waals surface area contributed by atoms with Crippen molar-refractivity contribution in [3.63, 3.8) is 0 Å². The van der Waals surface area contributed by atoms with Crippen LogP contribution in [0.4, 0.5) is 0 Å². The number of methoxy groups -OCH3 is 1. The molecule has 0 aliphatic heterocycles. The number of hydrogen-bond donors (Lipinski definition) is 1. The highest BCUT2D eigenvalue weighted by atomic mass is 16.5. The number of ketones is 1. The number of benzene rings is 2. The predicted octanol–water partition coefficient (Wildman–Crippen LogP) is 3.12. The van der Waals surface area contributed by atoms with E-state index in [4.69, 9.17) is 9.47 Å². The summed E-state index contributed by atoms with van der Waals surface area (Å²) in [5.74, 6) is -0.677. The summed E-state index contributed by atoms with van der Waals surface area (Å²) < 4.78 is 10.6. The quantitative estimate of drug-likeness (QED) is 0.462. The fourth-order valence-electron chi connectivity index (χ4n) is 2.38. The topological polar surface area (TPSA) is 81.7 Å². The lowest BCUT2D eigenvalue weighted by molar-refractivity contribution is -0.141. The first-order valence-corrected chi connectivity index (χ1v) is 8.30. The number of ether oxygens (including phenoxy) is 2. The molecule has 0 spiro atoms. The largest absolute Gasteiger partial charge is 0.496 e. The second kappa shape index (κ2) is 9.33. The van der Waals surface area contributed by atoms with Crippen LogP contribution in [0.15, 0.2) is 54.2 Å². The van der Waals surface area contributed by atoms with Gasteiger partial charge in [-0.05, 0) is 36.8 Å². The zero-order valence-electron chi connectivity index (χ0n) is 15.4. The van der Waals surface area contributed by atoms with Gasteiger partial charge in [0.25, 0.3) is 0 Å². The molecule has 2 aromatic rings. The van der Waals surface area contributed by atoms with Gasteiger partial charge in [-0.25, -0.2) is 4.79 Å². The van der Waals surface area contributed by atoms with Crippen LogP contribution in [0.5, 0.6) is 5.75 Å². The standard InChI is InChI=1S/C21H21NO5/c1-14(23)17-9-10-20(26-3)18(12-17)13-27-21(25)19(22-15(2)24)11-16-7-5-4-6-8-16/h4-12H,13H2,1-3H3,(H,22,24)/b19-11-. The van der Waals surface area contributed by atoms with Gasteiger partial charge in [-0.3, -0.25) is 9.59 Å². The Balaban J connectivity index is 2.21. The summed E-state index contributed by atoms with van der Waals surface area (Å²) in [7, 11) is 1.49. The van der Waals surface area contributed by atoms with Gasteiger partial charge in [0.1, 0.15) is 18.1 Å². The van der Waals surface area contributed by atoms with Crippen molar-refractivity contribution in [2.75, 3.05) is 7.11 Å². The van der Waals surface area contributed by atoms with E-state index in [2.05, 4.69) is 5.32 Å². The summed E-state index contributed by atoms with van der Waals surface area (Å²) >= 11 is 0. The van der Waals surface area contributed by atoms with E-state index in [9.17, 15) is 14.4 Å². The van der Waals surface area contributed by atoms with Crippen LogP contribution >= 0.6 is 0 Å². The monoisotopic (exact) mass is 367 g/mol. The van der Waals surface area contributed by atoms with Crippen molar-refractivity contribution in [1.29, 1.82) is 0 Å². The second-order valence-corrected chi connectivity index (χ2v) is 5.81. The molecule has 0 aromatic heterocycles. The van der Waals surface area contributed by atoms with Crippen molar-refractivity contribution in [2.24, 2.45) is 0 Å². The van der Waals surface area contributed by atoms with E-state index in [0.717, 1.165) is 5.56 Å². The van der Waals surface area contributed by atoms with Crippen molar-refractivity contribution in [2.45, 2.75) is 20.5 Å². The minimum Gasteiger partial charge on any atom is -0.496 e. The SMILES string of the molecule is COc1ccc(C(C)=O)cc1COC(=O)/C(=C/c1ccccc1)NC(C)=O. The summed E-state index contributed by atoms with van der Waals surface area (Å²) in [6, 6.07) is 14.0. The van der Waals surface area contributed by atoms with Crippen LogP contribution in [-0.4, -0.2) is 24.8 Å². The number of hydrogen-bond acceptors (Lipinski definition) is 5. The molecule has 0 bridgehead atoms. The third-order valence-electron chi connectivity index (χ3n) is 3.69. The van der Waals surface area contributed by atoms with Gasteiger partial charge in [-0.2, -0.15) is 0 Å². The highest BCUT2D eigenvalue weighted by Gasteiger charge is 2.15. The Bertz CT molecular complexity index is 871. The number of rotatable bonds is 7. The molecule has 0 aliphatic carbocycles. The van der Waals surface area contributed by atoms with Crippen LogP contribution in [0.1, 0.15) is 35.3 Å². The third-order valence-corrected chi connectivity index (χ3v) is 3.69. The molecule has 0 atom stereocenters. The van der Waals surface area contributed by atoms with Gasteiger partial charge in [0.05, 0.1) is 7.11 Å². The number of carbonyl (C=O) groups is 3. The van der Waals surface area contributed by atoms with E-state index < -0.39 is 5.97 Å². The van der Waals surface area contributed by atoms with Crippen molar-refractivity contribution in [3.05, 3.63) is 70.9 Å². The highest BCUT2D eigenvalue weighted by Crippen LogP contribution is 2.21. The van der Waals surface area contributed by atoms with Crippen molar-refractivity contribution < 1.29 is 23.9 Å². The number of nitrogens with one attached hydrogen (secondary N) is 1. The first-order chi connectivity index (χ1) is 12.9. The van der Waals surface area contributed by atoms with Crippen LogP contribution in [0.2, 0.25) is 0 Å². The first kappa shape index (κ1) is 19.9. The molecular weight excluding hydrogens is 346 g/mol. The lowest BCUT2D eigenvalue weighted by Crippen LogP contribution is -2.26. The molecule has 1 amide bonds. The van der Waals surface area contributed by atoms with Gasteiger partial charge >= 0.3 is 5.97 Å². The van der Waals surface area contributed by atoms with Crippen LogP contribution in [0.3, 0.4) is 0 Å². The molecule has 0 heterocycles. The molecule has 140 valence electrons.